The molecule has 0 aromatic rings. The summed E-state index contributed by atoms with van der Waals surface area (Å²) < 4.78 is 0. The van der Waals surface area contributed by atoms with E-state index in [1.54, 1.807) is 0 Å². The molecule has 297 valence electrons. The predicted molar refractivity (Wildman–Crippen MR) is 193 cm³/mol. The molecular formula is C40H48CoN16. The molecule has 0 aromatic carbocycles. The van der Waals surface area contributed by atoms with Crippen LogP contribution in [-0.4, -0.2) is 49.3 Å². The molecule has 5 heterocycles. The number of nitrogens with zero attached hydrogens (tertiary/aromatic N) is 8. The normalized spacial score (nSPS) is 52.9. The largest absolute Gasteiger partial charge is 0.286 e. The van der Waals surface area contributed by atoms with Crippen molar-refractivity contribution in [1.29, 1.82) is 42.1 Å². The van der Waals surface area contributed by atoms with Crippen molar-refractivity contribution >= 4 is 0 Å². The Bertz CT molecular complexity index is 1770. The first kappa shape index (κ1) is 39.9. The summed E-state index contributed by atoms with van der Waals surface area (Å²) >= 11 is 0. The van der Waals surface area contributed by atoms with E-state index in [9.17, 15) is 42.1 Å². The van der Waals surface area contributed by atoms with E-state index in [4.69, 9.17) is 0 Å². The van der Waals surface area contributed by atoms with Crippen LogP contribution in [0.2, 0.25) is 0 Å². The fourth-order valence-electron chi connectivity index (χ4n) is 13.7. The van der Waals surface area contributed by atoms with Crippen LogP contribution in [0.4, 0.5) is 0 Å². The molecule has 0 amide bonds. The van der Waals surface area contributed by atoms with Gasteiger partial charge in [-0.15, -0.1) is 0 Å². The van der Waals surface area contributed by atoms with E-state index in [-0.39, 0.29) is 41.4 Å². The molecule has 24 unspecified atom stereocenters. The van der Waals surface area contributed by atoms with Crippen LogP contribution < -0.4 is 42.5 Å². The summed E-state index contributed by atoms with van der Waals surface area (Å²) in [4.78, 5) is 0. The van der Waals surface area contributed by atoms with Crippen molar-refractivity contribution in [3.05, 3.63) is 0 Å². The molecule has 0 aromatic heterocycles. The van der Waals surface area contributed by atoms with Gasteiger partial charge in [0.15, 0.2) is 0 Å². The van der Waals surface area contributed by atoms with Gasteiger partial charge in [0, 0.05) is 40.5 Å². The van der Waals surface area contributed by atoms with Crippen LogP contribution in [0.25, 0.3) is 0 Å². The summed E-state index contributed by atoms with van der Waals surface area (Å²) in [5.41, 5.74) is 0. The van der Waals surface area contributed by atoms with E-state index in [1.165, 1.54) is 0 Å². The molecule has 5 aliphatic heterocycles. The van der Waals surface area contributed by atoms with Crippen molar-refractivity contribution in [3.8, 4) is 48.6 Å². The van der Waals surface area contributed by atoms with Crippen molar-refractivity contribution in [2.24, 2.45) is 94.7 Å². The molecule has 1 radical (unpaired) electrons. The Balaban J connectivity index is 0.00000455. The molecule has 9 fully saturated rings. The van der Waals surface area contributed by atoms with Gasteiger partial charge in [0.1, 0.15) is 0 Å². The van der Waals surface area contributed by atoms with E-state index in [0.717, 1.165) is 51.4 Å². The zero-order valence-electron chi connectivity index (χ0n) is 31.4. The first-order chi connectivity index (χ1) is 27.4. The monoisotopic (exact) mass is 811 g/mol. The summed E-state index contributed by atoms with van der Waals surface area (Å²) in [6.07, 6.45) is 6.26. The average molecular weight is 812 g/mol. The number of hydrogen-bond acceptors (Lipinski definition) is 16. The molecule has 8 N–H and O–H groups in total. The van der Waals surface area contributed by atoms with Crippen LogP contribution in [0.5, 0.6) is 0 Å². The van der Waals surface area contributed by atoms with Gasteiger partial charge in [-0.25, -0.2) is 0 Å². The maximum Gasteiger partial charge on any atom is 0.0796 e. The molecule has 4 saturated carbocycles. The molecule has 24 atom stereocenters. The van der Waals surface area contributed by atoms with Crippen molar-refractivity contribution in [3.63, 3.8) is 0 Å². The Labute approximate surface area is 344 Å². The third-order valence-corrected chi connectivity index (χ3v) is 15.9. The number of nitrogens with one attached hydrogen (secondary N) is 8. The molecular weight excluding hydrogens is 763 g/mol. The zero-order chi connectivity index (χ0) is 38.8. The Morgan fingerprint density at radius 3 is 0.632 bits per heavy atom. The summed E-state index contributed by atoms with van der Waals surface area (Å²) in [5.74, 6) is -8.22. The summed E-state index contributed by atoms with van der Waals surface area (Å²) in [6, 6.07) is 18.5. The number of nitriles is 8. The molecule has 9 rings (SSSR count). The second-order valence-corrected chi connectivity index (χ2v) is 17.9. The maximum absolute atomic E-state index is 10.7. The molecule has 4 aliphatic carbocycles. The SMILES string of the molecule is N#CC1C(C#N)C(C#N)C2C3NC(NC4NC(NC5NC(NC6NC(N3)C3C(C#N)C(C#N)C(C#N)C(C#N)C63)C3CCCCC53)C3CCCCC43)C2C1C#N.[Co]. The van der Waals surface area contributed by atoms with E-state index in [2.05, 4.69) is 91.1 Å². The molecule has 8 bridgehead atoms. The maximum atomic E-state index is 10.7. The number of hydrogen-bond donors (Lipinski definition) is 8. The Kier molecular flexibility index (Phi) is 11.2. The second-order valence-electron chi connectivity index (χ2n) is 17.9. The molecule has 57 heavy (non-hydrogen) atoms. The van der Waals surface area contributed by atoms with Crippen LogP contribution in [0.3, 0.4) is 0 Å². The first-order valence-corrected chi connectivity index (χ1v) is 20.7. The molecule has 5 saturated heterocycles. The van der Waals surface area contributed by atoms with Gasteiger partial charge >= 0.3 is 0 Å². The smallest absolute Gasteiger partial charge is 0.0796 e. The topological polar surface area (TPSA) is 287 Å². The molecule has 9 aliphatic rings. The standard InChI is InChI=1S/C40H48N16.Co/c41-9-21-23(11-43)27(15-47)31-29(25(21)13-45)37-52-35-19-7-3-1-5-17(19)33(50-35)49-34-18-6-2-4-8-20(18)36(51-34)53-38-30-26(14-46)22(10-42)24(12-44)28(16-48)32(30)40(55-38)56-39(31)54-37;/h17-40,49-56H,1-8H2;. The Morgan fingerprint density at radius 2 is 0.439 bits per heavy atom. The van der Waals surface area contributed by atoms with Gasteiger partial charge in [-0.3, -0.25) is 42.5 Å². The molecule has 0 spiro atoms. The average Bonchev–Trinajstić information content (AvgIpc) is 3.97. The van der Waals surface area contributed by atoms with Crippen LogP contribution in [0, 0.1) is 185 Å². The fraction of sp³-hybridized carbons (Fsp3) is 0.800. The minimum atomic E-state index is -0.997. The van der Waals surface area contributed by atoms with E-state index < -0.39 is 95.7 Å². The van der Waals surface area contributed by atoms with E-state index in [1.807, 2.05) is 0 Å². The predicted octanol–water partition coefficient (Wildman–Crippen LogP) is 0.601. The van der Waals surface area contributed by atoms with Crippen LogP contribution >= 0.6 is 0 Å². The van der Waals surface area contributed by atoms with Crippen molar-refractivity contribution < 1.29 is 16.8 Å². The zero-order valence-corrected chi connectivity index (χ0v) is 32.5. The van der Waals surface area contributed by atoms with Gasteiger partial charge in [-0.05, 0) is 49.4 Å². The quantitative estimate of drug-likeness (QED) is 0.166. The van der Waals surface area contributed by atoms with Gasteiger partial charge in [-0.1, -0.05) is 25.7 Å². The fourth-order valence-corrected chi connectivity index (χ4v) is 13.7. The minimum Gasteiger partial charge on any atom is -0.286 e. The summed E-state index contributed by atoms with van der Waals surface area (Å²) in [5, 5.41) is 115. The van der Waals surface area contributed by atoms with E-state index in [0.29, 0.717) is 23.7 Å². The summed E-state index contributed by atoms with van der Waals surface area (Å²) in [7, 11) is 0. The van der Waals surface area contributed by atoms with Crippen LogP contribution in [0.15, 0.2) is 0 Å². The van der Waals surface area contributed by atoms with Crippen molar-refractivity contribution in [1.82, 2.24) is 42.5 Å². The van der Waals surface area contributed by atoms with E-state index >= 15 is 0 Å². The second kappa shape index (κ2) is 16.0. The number of rotatable bonds is 0. The third-order valence-electron chi connectivity index (χ3n) is 15.9. The number of fused-ring (bicyclic) bond motifs is 20. The summed E-state index contributed by atoms with van der Waals surface area (Å²) in [6.45, 7) is 0. The van der Waals surface area contributed by atoms with Gasteiger partial charge in [0.25, 0.3) is 0 Å². The van der Waals surface area contributed by atoms with Gasteiger partial charge in [-0.2, -0.15) is 42.1 Å². The third kappa shape index (κ3) is 6.13. The first-order valence-electron chi connectivity index (χ1n) is 20.7. The minimum absolute atomic E-state index is 0. The molecule has 16 nitrogen and oxygen atoms in total. The van der Waals surface area contributed by atoms with Gasteiger partial charge in [0.2, 0.25) is 0 Å². The van der Waals surface area contributed by atoms with Gasteiger partial charge in [0.05, 0.1) is 145 Å². The molecule has 17 heteroatoms. The van der Waals surface area contributed by atoms with Crippen molar-refractivity contribution in [2.45, 2.75) is 101 Å². The van der Waals surface area contributed by atoms with Crippen molar-refractivity contribution in [2.75, 3.05) is 0 Å². The van der Waals surface area contributed by atoms with Gasteiger partial charge < -0.3 is 0 Å². The van der Waals surface area contributed by atoms with Crippen LogP contribution in [0.1, 0.15) is 51.4 Å². The van der Waals surface area contributed by atoms with Crippen LogP contribution in [-0.2, 0) is 16.8 Å². The Morgan fingerprint density at radius 1 is 0.263 bits per heavy atom. The Hall–Kier alpha value is -3.89.